The van der Waals surface area contributed by atoms with Gasteiger partial charge in [0.1, 0.15) is 24.1 Å². The number of aliphatic hydroxyl groups is 1. The Labute approximate surface area is 166 Å². The third-order valence-corrected chi connectivity index (χ3v) is 10.3. The summed E-state index contributed by atoms with van der Waals surface area (Å²) < 4.78 is 20.6. The van der Waals surface area contributed by atoms with Crippen LogP contribution in [0.5, 0.6) is 0 Å². The van der Waals surface area contributed by atoms with Crippen LogP contribution in [0.2, 0.25) is 18.1 Å². The van der Waals surface area contributed by atoms with Gasteiger partial charge in [-0.05, 0) is 24.6 Å². The first kappa shape index (κ1) is 21.1. The Bertz CT molecular complexity index is 822. The molecule has 2 aromatic heterocycles. The summed E-state index contributed by atoms with van der Waals surface area (Å²) in [5, 5.41) is 9.60. The molecule has 1 fully saturated rings. The van der Waals surface area contributed by atoms with E-state index in [2.05, 4.69) is 48.8 Å². The first-order valence-corrected chi connectivity index (χ1v) is 12.4. The van der Waals surface area contributed by atoms with Gasteiger partial charge in [0.15, 0.2) is 26.0 Å². The molecule has 3 heterocycles. The molecule has 0 saturated carbocycles. The monoisotopic (exact) mass is 409 g/mol. The minimum absolute atomic E-state index is 0.00494. The number of fused-ring (bicyclic) bond motifs is 1. The van der Waals surface area contributed by atoms with Crippen molar-refractivity contribution in [3.8, 4) is 0 Å². The highest BCUT2D eigenvalue weighted by atomic mass is 28.4. The van der Waals surface area contributed by atoms with Crippen LogP contribution in [0.25, 0.3) is 11.2 Å². The maximum Gasteiger partial charge on any atom is 0.192 e. The molecule has 9 nitrogen and oxygen atoms in total. The highest BCUT2D eigenvalue weighted by Crippen LogP contribution is 2.43. The molecule has 0 aliphatic carbocycles. The van der Waals surface area contributed by atoms with Crippen LogP contribution in [0.4, 0.5) is 5.82 Å². The van der Waals surface area contributed by atoms with E-state index in [1.165, 1.54) is 6.33 Å². The van der Waals surface area contributed by atoms with E-state index in [0.717, 1.165) is 0 Å². The fourth-order valence-corrected chi connectivity index (χ4v) is 4.58. The molecule has 156 valence electrons. The summed E-state index contributed by atoms with van der Waals surface area (Å²) >= 11 is 0. The fraction of sp³-hybridized carbons (Fsp3) is 0.722. The van der Waals surface area contributed by atoms with Crippen LogP contribution in [0.1, 0.15) is 33.4 Å². The number of imidazole rings is 1. The first-order chi connectivity index (χ1) is 13.1. The molecule has 1 saturated heterocycles. The number of aromatic nitrogens is 4. The van der Waals surface area contributed by atoms with Gasteiger partial charge in [-0.2, -0.15) is 0 Å². The normalized spacial score (nSPS) is 26.2. The van der Waals surface area contributed by atoms with Gasteiger partial charge in [-0.15, -0.1) is 0 Å². The lowest BCUT2D eigenvalue weighted by molar-refractivity contribution is -0.0520. The quantitative estimate of drug-likeness (QED) is 0.697. The molecule has 1 aliphatic heterocycles. The van der Waals surface area contributed by atoms with Crippen LogP contribution in [-0.4, -0.2) is 65.0 Å². The van der Waals surface area contributed by atoms with Crippen LogP contribution >= 0.6 is 0 Å². The maximum absolute atomic E-state index is 9.57. The maximum atomic E-state index is 9.57. The molecule has 3 rings (SSSR count). The lowest BCUT2D eigenvalue weighted by Gasteiger charge is -2.40. The standard InChI is InChI=1S/C18H31N5O4Si/c1-18(2,3)28(5,6)27-13-11(7-8-24)26-17(14(13)25-4)23-10-22-12-15(19)20-9-21-16(12)23/h9-11,13-14,17,24H,7-8H2,1-6H3,(H2,19,20,21)/t11-,13?,14?,17-/m1/s1. The summed E-state index contributed by atoms with van der Waals surface area (Å²) in [7, 11) is -0.442. The van der Waals surface area contributed by atoms with Gasteiger partial charge in [0.2, 0.25) is 0 Å². The number of nitrogens with two attached hydrogens (primary N) is 1. The average Bonchev–Trinajstić information content (AvgIpc) is 3.16. The van der Waals surface area contributed by atoms with E-state index in [1.807, 2.05) is 0 Å². The van der Waals surface area contributed by atoms with Crippen molar-refractivity contribution in [1.29, 1.82) is 0 Å². The van der Waals surface area contributed by atoms with Crippen LogP contribution < -0.4 is 5.73 Å². The Kier molecular flexibility index (Phi) is 5.79. The molecule has 0 amide bonds. The lowest BCUT2D eigenvalue weighted by Crippen LogP contribution is -2.49. The van der Waals surface area contributed by atoms with E-state index in [1.54, 1.807) is 18.0 Å². The molecule has 0 spiro atoms. The molecule has 4 atom stereocenters. The SMILES string of the molecule is COC1C(O[Si](C)(C)C(C)(C)C)[C@@H](CCO)O[C@H]1n1cnc2c(N)ncnc21. The predicted octanol–water partition coefficient (Wildman–Crippen LogP) is 2.09. The van der Waals surface area contributed by atoms with Gasteiger partial charge in [0.25, 0.3) is 0 Å². The van der Waals surface area contributed by atoms with E-state index < -0.39 is 14.5 Å². The molecule has 28 heavy (non-hydrogen) atoms. The summed E-state index contributed by atoms with van der Waals surface area (Å²) in [5.41, 5.74) is 7.02. The molecular formula is C18H31N5O4Si. The summed E-state index contributed by atoms with van der Waals surface area (Å²) in [6.07, 6.45) is 2.03. The van der Waals surface area contributed by atoms with Gasteiger partial charge in [-0.25, -0.2) is 15.0 Å². The number of hydrogen-bond donors (Lipinski definition) is 2. The summed E-state index contributed by atoms with van der Waals surface area (Å²) in [5.74, 6) is 0.316. The molecule has 1 aliphatic rings. The third-order valence-electron chi connectivity index (χ3n) is 5.87. The van der Waals surface area contributed by atoms with Gasteiger partial charge in [-0.3, -0.25) is 4.57 Å². The summed E-state index contributed by atoms with van der Waals surface area (Å²) in [4.78, 5) is 12.6. The second kappa shape index (κ2) is 7.67. The Hall–Kier alpha value is -1.59. The summed E-state index contributed by atoms with van der Waals surface area (Å²) in [6.45, 7) is 11.0. The number of hydrogen-bond acceptors (Lipinski definition) is 8. The number of rotatable bonds is 6. The molecular weight excluding hydrogens is 378 g/mol. The van der Waals surface area contributed by atoms with Crippen LogP contribution in [-0.2, 0) is 13.9 Å². The van der Waals surface area contributed by atoms with Crippen molar-refractivity contribution in [3.63, 3.8) is 0 Å². The van der Waals surface area contributed by atoms with Crippen LogP contribution in [0.3, 0.4) is 0 Å². The first-order valence-electron chi connectivity index (χ1n) is 9.50. The topological polar surface area (TPSA) is 118 Å². The van der Waals surface area contributed by atoms with Crippen molar-refractivity contribution in [2.24, 2.45) is 0 Å². The number of nitrogen functional groups attached to an aromatic ring is 1. The number of methoxy groups -OCH3 is 1. The number of nitrogens with zero attached hydrogens (tertiary/aromatic N) is 4. The van der Waals surface area contributed by atoms with E-state index in [9.17, 15) is 5.11 Å². The zero-order chi connectivity index (χ0) is 20.7. The molecule has 0 bridgehead atoms. The molecule has 2 unspecified atom stereocenters. The molecule has 0 radical (unpaired) electrons. The number of ether oxygens (including phenoxy) is 2. The lowest BCUT2D eigenvalue weighted by atomic mass is 10.1. The number of aliphatic hydroxyl groups excluding tert-OH is 1. The average molecular weight is 410 g/mol. The van der Waals surface area contributed by atoms with E-state index in [-0.39, 0.29) is 30.0 Å². The van der Waals surface area contributed by atoms with Gasteiger partial charge < -0.3 is 24.7 Å². The van der Waals surface area contributed by atoms with Gasteiger partial charge >= 0.3 is 0 Å². The zero-order valence-electron chi connectivity index (χ0n) is 17.4. The highest BCUT2D eigenvalue weighted by molar-refractivity contribution is 6.74. The predicted molar refractivity (Wildman–Crippen MR) is 108 cm³/mol. The highest BCUT2D eigenvalue weighted by Gasteiger charge is 2.51. The van der Waals surface area contributed by atoms with E-state index in [4.69, 9.17) is 19.6 Å². The second-order valence-electron chi connectivity index (χ2n) is 8.70. The molecule has 2 aromatic rings. The second-order valence-corrected chi connectivity index (χ2v) is 13.5. The number of anilines is 1. The Morgan fingerprint density at radius 1 is 1.25 bits per heavy atom. The Morgan fingerprint density at radius 2 is 1.96 bits per heavy atom. The Morgan fingerprint density at radius 3 is 2.57 bits per heavy atom. The van der Waals surface area contributed by atoms with Crippen molar-refractivity contribution in [1.82, 2.24) is 19.5 Å². The van der Waals surface area contributed by atoms with Crippen molar-refractivity contribution < 1.29 is 19.0 Å². The summed E-state index contributed by atoms with van der Waals surface area (Å²) in [6, 6.07) is 0. The van der Waals surface area contributed by atoms with E-state index in [0.29, 0.717) is 23.4 Å². The van der Waals surface area contributed by atoms with Crippen LogP contribution in [0.15, 0.2) is 12.7 Å². The minimum atomic E-state index is -2.09. The van der Waals surface area contributed by atoms with Crippen molar-refractivity contribution in [3.05, 3.63) is 12.7 Å². The van der Waals surface area contributed by atoms with Gasteiger partial charge in [0, 0.05) is 13.7 Å². The minimum Gasteiger partial charge on any atom is -0.408 e. The largest absolute Gasteiger partial charge is 0.408 e. The van der Waals surface area contributed by atoms with Gasteiger partial charge in [0.05, 0.1) is 12.4 Å². The third kappa shape index (κ3) is 3.66. The van der Waals surface area contributed by atoms with Crippen molar-refractivity contribution >= 4 is 25.3 Å². The zero-order valence-corrected chi connectivity index (χ0v) is 18.4. The fourth-order valence-electron chi connectivity index (χ4n) is 3.26. The van der Waals surface area contributed by atoms with Crippen molar-refractivity contribution in [2.45, 2.75) is 69.9 Å². The molecule has 0 aromatic carbocycles. The van der Waals surface area contributed by atoms with E-state index >= 15 is 0 Å². The van der Waals surface area contributed by atoms with Crippen LogP contribution in [0, 0.1) is 0 Å². The van der Waals surface area contributed by atoms with Gasteiger partial charge in [-0.1, -0.05) is 20.8 Å². The molecule has 3 N–H and O–H groups in total. The van der Waals surface area contributed by atoms with Crippen molar-refractivity contribution in [2.75, 3.05) is 19.5 Å². The smallest absolute Gasteiger partial charge is 0.192 e. The molecule has 10 heteroatoms. The Balaban J connectivity index is 1.98.